The van der Waals surface area contributed by atoms with Crippen molar-refractivity contribution in [3.8, 4) is 5.75 Å². The van der Waals surface area contributed by atoms with E-state index in [1.807, 2.05) is 0 Å². The highest BCUT2D eigenvalue weighted by atomic mass is 79.9. The minimum Gasteiger partial charge on any atom is -0.495 e. The highest BCUT2D eigenvalue weighted by Gasteiger charge is 2.28. The van der Waals surface area contributed by atoms with E-state index in [-0.39, 0.29) is 27.9 Å². The second-order valence-electron chi connectivity index (χ2n) is 5.84. The number of carbonyl (C=O) groups is 1. The number of sulfonamides is 1. The number of benzene rings is 2. The van der Waals surface area contributed by atoms with E-state index in [0.717, 1.165) is 18.9 Å². The summed E-state index contributed by atoms with van der Waals surface area (Å²) in [6, 6.07) is 8.05. The number of rotatable bonds is 6. The number of hydrogen-bond donors (Lipinski definition) is 2. The van der Waals surface area contributed by atoms with Crippen LogP contribution in [0.1, 0.15) is 23.2 Å². The Morgan fingerprint density at radius 3 is 2.62 bits per heavy atom. The summed E-state index contributed by atoms with van der Waals surface area (Å²) in [6.45, 7) is 0. The van der Waals surface area contributed by atoms with Crippen molar-refractivity contribution in [2.45, 2.75) is 23.8 Å². The molecule has 0 aromatic heterocycles. The molecular weight excluding hydrogens is 427 g/mol. The molecule has 0 aliphatic heterocycles. The molecule has 2 N–H and O–H groups in total. The van der Waals surface area contributed by atoms with E-state index in [2.05, 4.69) is 26.0 Å². The van der Waals surface area contributed by atoms with Crippen molar-refractivity contribution in [1.82, 2.24) is 4.72 Å². The zero-order chi connectivity index (χ0) is 18.9. The summed E-state index contributed by atoms with van der Waals surface area (Å²) in [7, 11) is -2.31. The van der Waals surface area contributed by atoms with Gasteiger partial charge in [0.05, 0.1) is 23.3 Å². The van der Waals surface area contributed by atoms with Crippen LogP contribution in [-0.2, 0) is 10.0 Å². The molecule has 0 radical (unpaired) electrons. The van der Waals surface area contributed by atoms with Gasteiger partial charge in [-0.3, -0.25) is 4.79 Å². The van der Waals surface area contributed by atoms with Gasteiger partial charge in [0.2, 0.25) is 10.0 Å². The van der Waals surface area contributed by atoms with Gasteiger partial charge < -0.3 is 10.1 Å². The Labute approximate surface area is 158 Å². The first-order chi connectivity index (χ1) is 12.3. The number of methoxy groups -OCH3 is 1. The molecule has 1 aliphatic carbocycles. The number of nitrogens with one attached hydrogen (secondary N) is 2. The van der Waals surface area contributed by atoms with E-state index in [1.54, 1.807) is 0 Å². The first-order valence-electron chi connectivity index (χ1n) is 7.77. The number of hydrogen-bond acceptors (Lipinski definition) is 4. The fourth-order valence-corrected chi connectivity index (χ4v) is 3.99. The largest absolute Gasteiger partial charge is 0.495 e. The summed E-state index contributed by atoms with van der Waals surface area (Å²) in [5, 5.41) is 2.51. The van der Waals surface area contributed by atoms with Gasteiger partial charge in [0.25, 0.3) is 5.91 Å². The second kappa shape index (κ2) is 7.34. The first-order valence-corrected chi connectivity index (χ1v) is 10.0. The molecule has 0 bridgehead atoms. The van der Waals surface area contributed by atoms with Crippen molar-refractivity contribution in [2.75, 3.05) is 12.4 Å². The molecule has 0 spiro atoms. The molecule has 1 amide bonds. The monoisotopic (exact) mass is 442 g/mol. The number of halogens is 2. The van der Waals surface area contributed by atoms with Crippen molar-refractivity contribution >= 4 is 37.5 Å². The fourth-order valence-electron chi connectivity index (χ4n) is 2.30. The predicted molar refractivity (Wildman–Crippen MR) is 98.4 cm³/mol. The summed E-state index contributed by atoms with van der Waals surface area (Å²) in [4.78, 5) is 12.4. The summed E-state index contributed by atoms with van der Waals surface area (Å²) in [6.07, 6.45) is 1.61. The standard InChI is InChI=1S/C17H16BrFN2O4S/c1-25-16-7-5-12(26(23,24)21-11-3-4-11)9-15(16)20-17(22)13-8-10(18)2-6-14(13)19/h2,5-9,11,21H,3-4H2,1H3,(H,20,22). The molecule has 0 heterocycles. The van der Waals surface area contributed by atoms with Crippen LogP contribution < -0.4 is 14.8 Å². The maximum atomic E-state index is 13.9. The maximum Gasteiger partial charge on any atom is 0.258 e. The Hall–Kier alpha value is -1.97. The van der Waals surface area contributed by atoms with E-state index >= 15 is 0 Å². The molecule has 1 fully saturated rings. The number of anilines is 1. The summed E-state index contributed by atoms with van der Waals surface area (Å²) in [5.74, 6) is -1.14. The Bertz CT molecular complexity index is 961. The first kappa shape index (κ1) is 18.8. The van der Waals surface area contributed by atoms with Crippen LogP contribution in [0.5, 0.6) is 5.75 Å². The normalized spacial score (nSPS) is 14.1. The SMILES string of the molecule is COc1ccc(S(=O)(=O)NC2CC2)cc1NC(=O)c1cc(Br)ccc1F. The van der Waals surface area contributed by atoms with Gasteiger partial charge in [0.15, 0.2) is 0 Å². The molecule has 1 saturated carbocycles. The number of carbonyl (C=O) groups excluding carboxylic acids is 1. The van der Waals surface area contributed by atoms with Crippen LogP contribution in [0.4, 0.5) is 10.1 Å². The highest BCUT2D eigenvalue weighted by Crippen LogP contribution is 2.30. The third kappa shape index (κ3) is 4.22. The molecule has 2 aromatic carbocycles. The summed E-state index contributed by atoms with van der Waals surface area (Å²) >= 11 is 3.19. The Morgan fingerprint density at radius 2 is 1.96 bits per heavy atom. The topological polar surface area (TPSA) is 84.5 Å². The van der Waals surface area contributed by atoms with Crippen LogP contribution in [0.25, 0.3) is 0 Å². The molecule has 26 heavy (non-hydrogen) atoms. The number of ether oxygens (including phenoxy) is 1. The second-order valence-corrected chi connectivity index (χ2v) is 8.47. The van der Waals surface area contributed by atoms with Gasteiger partial charge in [0.1, 0.15) is 11.6 Å². The van der Waals surface area contributed by atoms with Crippen molar-refractivity contribution in [2.24, 2.45) is 0 Å². The molecule has 138 valence electrons. The van der Waals surface area contributed by atoms with Crippen LogP contribution >= 0.6 is 15.9 Å². The van der Waals surface area contributed by atoms with Crippen molar-refractivity contribution in [3.63, 3.8) is 0 Å². The van der Waals surface area contributed by atoms with Crippen LogP contribution in [0.3, 0.4) is 0 Å². The van der Waals surface area contributed by atoms with Crippen molar-refractivity contribution in [1.29, 1.82) is 0 Å². The summed E-state index contributed by atoms with van der Waals surface area (Å²) in [5.41, 5.74) is -0.0404. The Balaban J connectivity index is 1.91. The third-order valence-corrected chi connectivity index (χ3v) is 5.81. The molecule has 1 aliphatic rings. The molecule has 9 heteroatoms. The Kier molecular flexibility index (Phi) is 5.31. The van der Waals surface area contributed by atoms with Crippen LogP contribution in [0, 0.1) is 5.82 Å². The fraction of sp³-hybridized carbons (Fsp3) is 0.235. The molecule has 6 nitrogen and oxygen atoms in total. The van der Waals surface area contributed by atoms with Gasteiger partial charge >= 0.3 is 0 Å². The minimum absolute atomic E-state index is 0.00443. The van der Waals surface area contributed by atoms with Crippen molar-refractivity contribution < 1.29 is 22.3 Å². The van der Waals surface area contributed by atoms with Crippen LogP contribution in [-0.4, -0.2) is 27.5 Å². The molecule has 0 unspecified atom stereocenters. The van der Waals surface area contributed by atoms with E-state index in [1.165, 1.54) is 37.4 Å². The Morgan fingerprint density at radius 1 is 1.23 bits per heavy atom. The lowest BCUT2D eigenvalue weighted by atomic mass is 10.2. The van der Waals surface area contributed by atoms with Gasteiger partial charge in [-0.1, -0.05) is 15.9 Å². The van der Waals surface area contributed by atoms with Crippen LogP contribution in [0.15, 0.2) is 45.8 Å². The lowest BCUT2D eigenvalue weighted by molar-refractivity contribution is 0.102. The van der Waals surface area contributed by atoms with Gasteiger partial charge in [-0.05, 0) is 49.2 Å². The van der Waals surface area contributed by atoms with Gasteiger partial charge in [-0.15, -0.1) is 0 Å². The quantitative estimate of drug-likeness (QED) is 0.718. The van der Waals surface area contributed by atoms with Gasteiger partial charge in [-0.2, -0.15) is 0 Å². The van der Waals surface area contributed by atoms with Gasteiger partial charge in [0, 0.05) is 10.5 Å². The highest BCUT2D eigenvalue weighted by molar-refractivity contribution is 9.10. The maximum absolute atomic E-state index is 13.9. The van der Waals surface area contributed by atoms with E-state index in [9.17, 15) is 17.6 Å². The average molecular weight is 443 g/mol. The van der Waals surface area contributed by atoms with Crippen LogP contribution in [0.2, 0.25) is 0 Å². The minimum atomic E-state index is -3.70. The van der Waals surface area contributed by atoms with E-state index < -0.39 is 21.7 Å². The van der Waals surface area contributed by atoms with Crippen molar-refractivity contribution in [3.05, 3.63) is 52.3 Å². The predicted octanol–water partition coefficient (Wildman–Crippen LogP) is 3.29. The lowest BCUT2D eigenvalue weighted by Crippen LogP contribution is -2.26. The lowest BCUT2D eigenvalue weighted by Gasteiger charge is -2.13. The third-order valence-electron chi connectivity index (χ3n) is 3.80. The molecular formula is C17H16BrFN2O4S. The molecule has 3 rings (SSSR count). The van der Waals surface area contributed by atoms with E-state index in [4.69, 9.17) is 4.74 Å². The number of amides is 1. The molecule has 0 atom stereocenters. The van der Waals surface area contributed by atoms with Gasteiger partial charge in [-0.25, -0.2) is 17.5 Å². The van der Waals surface area contributed by atoms with E-state index in [0.29, 0.717) is 4.47 Å². The zero-order valence-electron chi connectivity index (χ0n) is 13.8. The summed E-state index contributed by atoms with van der Waals surface area (Å²) < 4.78 is 46.9. The smallest absolute Gasteiger partial charge is 0.258 e. The molecule has 0 saturated heterocycles. The zero-order valence-corrected chi connectivity index (χ0v) is 16.2. The average Bonchev–Trinajstić information content (AvgIpc) is 3.40. The molecule has 2 aromatic rings.